The van der Waals surface area contributed by atoms with Gasteiger partial charge < -0.3 is 15.0 Å². The van der Waals surface area contributed by atoms with Crippen molar-refractivity contribution in [1.29, 1.82) is 0 Å². The highest BCUT2D eigenvalue weighted by Crippen LogP contribution is 2.21. The van der Waals surface area contributed by atoms with E-state index in [-0.39, 0.29) is 0 Å². The van der Waals surface area contributed by atoms with Gasteiger partial charge in [-0.3, -0.25) is 0 Å². The van der Waals surface area contributed by atoms with Crippen LogP contribution in [0.5, 0.6) is 5.75 Å². The second kappa shape index (κ2) is 4.45. The molecule has 0 aliphatic carbocycles. The number of ether oxygens (including phenoxy) is 1. The van der Waals surface area contributed by atoms with Crippen molar-refractivity contribution in [1.82, 2.24) is 9.55 Å². The molecule has 1 heterocycles. The summed E-state index contributed by atoms with van der Waals surface area (Å²) in [5.41, 5.74) is 6.36. The monoisotopic (exact) mass is 237 g/mol. The lowest BCUT2D eigenvalue weighted by molar-refractivity contribution is 0.293. The molecule has 0 saturated carbocycles. The smallest absolute Gasteiger partial charge is 0.147 e. The Kier molecular flexibility index (Phi) is 3.01. The molecule has 4 nitrogen and oxygen atoms in total. The maximum absolute atomic E-state index is 5.86. The first kappa shape index (κ1) is 10.8. The van der Waals surface area contributed by atoms with Crippen LogP contribution in [0.1, 0.15) is 5.82 Å². The molecule has 2 rings (SSSR count). The van der Waals surface area contributed by atoms with Gasteiger partial charge in [-0.15, -0.1) is 0 Å². The van der Waals surface area contributed by atoms with E-state index in [1.54, 1.807) is 16.8 Å². The molecule has 0 unspecified atom stereocenters. The van der Waals surface area contributed by atoms with Crippen LogP contribution in [0.25, 0.3) is 0 Å². The lowest BCUT2D eigenvalue weighted by Gasteiger charge is -2.08. The van der Waals surface area contributed by atoms with Crippen LogP contribution in [0, 0.1) is 0 Å². The lowest BCUT2D eigenvalue weighted by atomic mass is 10.3. The molecule has 16 heavy (non-hydrogen) atoms. The Morgan fingerprint density at radius 2 is 2.19 bits per heavy atom. The molecule has 0 bridgehead atoms. The number of nitrogens with zero attached hydrogens (tertiary/aromatic N) is 2. The first-order chi connectivity index (χ1) is 7.68. The number of hydrogen-bond acceptors (Lipinski definition) is 3. The molecule has 1 aromatic heterocycles. The van der Waals surface area contributed by atoms with Gasteiger partial charge in [0.05, 0.1) is 11.9 Å². The van der Waals surface area contributed by atoms with Crippen molar-refractivity contribution in [2.24, 2.45) is 7.05 Å². The molecule has 0 atom stereocenters. The quantitative estimate of drug-likeness (QED) is 0.833. The largest absolute Gasteiger partial charge is 0.484 e. The van der Waals surface area contributed by atoms with Crippen LogP contribution in [0.4, 0.5) is 5.69 Å². The van der Waals surface area contributed by atoms with E-state index in [9.17, 15) is 0 Å². The van der Waals surface area contributed by atoms with Crippen molar-refractivity contribution in [3.63, 3.8) is 0 Å². The number of anilines is 1. The second-order valence-electron chi connectivity index (χ2n) is 3.38. The number of hydrogen-bond donors (Lipinski definition) is 1. The number of aromatic nitrogens is 2. The zero-order valence-corrected chi connectivity index (χ0v) is 9.61. The maximum atomic E-state index is 5.86. The molecular formula is C11H12ClN3O. The van der Waals surface area contributed by atoms with Gasteiger partial charge >= 0.3 is 0 Å². The highest BCUT2D eigenvalue weighted by molar-refractivity contribution is 6.29. The molecule has 0 radical (unpaired) electrons. The fraction of sp³-hybridized carbons (Fsp3) is 0.182. The van der Waals surface area contributed by atoms with Gasteiger partial charge in [-0.05, 0) is 12.1 Å². The lowest BCUT2D eigenvalue weighted by Crippen LogP contribution is -2.04. The number of halogens is 1. The van der Waals surface area contributed by atoms with Gasteiger partial charge in [0.1, 0.15) is 23.3 Å². The number of rotatable bonds is 3. The van der Waals surface area contributed by atoms with Crippen LogP contribution in [-0.2, 0) is 13.7 Å². The third kappa shape index (κ3) is 2.12. The number of nitrogen functional groups attached to an aromatic ring is 1. The summed E-state index contributed by atoms with van der Waals surface area (Å²) in [6.07, 6.45) is 1.59. The molecule has 1 aromatic carbocycles. The summed E-state index contributed by atoms with van der Waals surface area (Å²) in [6, 6.07) is 7.34. The summed E-state index contributed by atoms with van der Waals surface area (Å²) in [4.78, 5) is 4.13. The Labute approximate surface area is 98.6 Å². The topological polar surface area (TPSA) is 53.1 Å². The van der Waals surface area contributed by atoms with Gasteiger partial charge in [0, 0.05) is 7.05 Å². The van der Waals surface area contributed by atoms with E-state index < -0.39 is 0 Å². The van der Waals surface area contributed by atoms with Crippen molar-refractivity contribution in [3.05, 3.63) is 41.4 Å². The van der Waals surface area contributed by atoms with Gasteiger partial charge in [-0.1, -0.05) is 23.7 Å². The molecule has 2 aromatic rings. The fourth-order valence-electron chi connectivity index (χ4n) is 1.31. The Morgan fingerprint density at radius 3 is 2.81 bits per heavy atom. The molecule has 0 aliphatic heterocycles. The number of imidazole rings is 1. The highest BCUT2D eigenvalue weighted by atomic mass is 35.5. The average Bonchev–Trinajstić information content (AvgIpc) is 2.59. The minimum Gasteiger partial charge on any atom is -0.484 e. The third-order valence-corrected chi connectivity index (χ3v) is 2.65. The summed E-state index contributed by atoms with van der Waals surface area (Å²) in [5.74, 6) is 1.41. The van der Waals surface area contributed by atoms with Crippen LogP contribution in [-0.4, -0.2) is 9.55 Å². The molecular weight excluding hydrogens is 226 g/mol. The fourth-order valence-corrected chi connectivity index (χ4v) is 1.46. The van der Waals surface area contributed by atoms with Crippen molar-refractivity contribution >= 4 is 17.3 Å². The van der Waals surface area contributed by atoms with Crippen LogP contribution in [0.2, 0.25) is 5.15 Å². The zero-order valence-electron chi connectivity index (χ0n) is 8.85. The Morgan fingerprint density at radius 1 is 1.44 bits per heavy atom. The first-order valence-electron chi connectivity index (χ1n) is 4.82. The standard InChI is InChI=1S/C11H12ClN3O/c1-15-10(12)6-14-11(15)7-16-9-5-3-2-4-8(9)13/h2-6H,7,13H2,1H3. The number of para-hydroxylation sites is 2. The van der Waals surface area contributed by atoms with Crippen molar-refractivity contribution in [3.8, 4) is 5.75 Å². The summed E-state index contributed by atoms with van der Waals surface area (Å²) < 4.78 is 7.31. The Bertz CT molecular complexity index is 496. The second-order valence-corrected chi connectivity index (χ2v) is 3.77. The van der Waals surface area contributed by atoms with Crippen LogP contribution < -0.4 is 10.5 Å². The van der Waals surface area contributed by atoms with Gasteiger partial charge in [-0.2, -0.15) is 0 Å². The minimum absolute atomic E-state index is 0.345. The van der Waals surface area contributed by atoms with E-state index in [4.69, 9.17) is 22.1 Å². The SMILES string of the molecule is Cn1c(Cl)cnc1COc1ccccc1N. The van der Waals surface area contributed by atoms with Crippen LogP contribution in [0.3, 0.4) is 0 Å². The van der Waals surface area contributed by atoms with Crippen molar-refractivity contribution in [2.45, 2.75) is 6.61 Å². The molecule has 0 spiro atoms. The summed E-state index contributed by atoms with van der Waals surface area (Å²) in [5, 5.41) is 0.583. The molecule has 0 amide bonds. The highest BCUT2D eigenvalue weighted by Gasteiger charge is 2.06. The zero-order chi connectivity index (χ0) is 11.5. The summed E-state index contributed by atoms with van der Waals surface area (Å²) in [7, 11) is 1.84. The van der Waals surface area contributed by atoms with E-state index in [0.717, 1.165) is 5.82 Å². The van der Waals surface area contributed by atoms with Crippen LogP contribution in [0.15, 0.2) is 30.5 Å². The molecule has 5 heteroatoms. The normalized spacial score (nSPS) is 10.4. The predicted molar refractivity (Wildman–Crippen MR) is 63.4 cm³/mol. The van der Waals surface area contributed by atoms with Crippen LogP contribution >= 0.6 is 11.6 Å². The van der Waals surface area contributed by atoms with E-state index in [0.29, 0.717) is 23.2 Å². The molecule has 2 N–H and O–H groups in total. The maximum Gasteiger partial charge on any atom is 0.147 e. The van der Waals surface area contributed by atoms with Gasteiger partial charge in [0.2, 0.25) is 0 Å². The molecule has 0 saturated heterocycles. The van der Waals surface area contributed by atoms with Gasteiger partial charge in [-0.25, -0.2) is 4.98 Å². The van der Waals surface area contributed by atoms with E-state index in [2.05, 4.69) is 4.98 Å². The van der Waals surface area contributed by atoms with E-state index >= 15 is 0 Å². The molecule has 0 fully saturated rings. The Hall–Kier alpha value is -1.68. The third-order valence-electron chi connectivity index (χ3n) is 2.30. The van der Waals surface area contributed by atoms with Crippen molar-refractivity contribution in [2.75, 3.05) is 5.73 Å². The van der Waals surface area contributed by atoms with E-state index in [1.807, 2.05) is 25.2 Å². The molecule has 0 aliphatic rings. The van der Waals surface area contributed by atoms with Gasteiger partial charge in [0.15, 0.2) is 0 Å². The summed E-state index contributed by atoms with van der Waals surface area (Å²) in [6.45, 7) is 0.345. The Balaban J connectivity index is 2.08. The minimum atomic E-state index is 0.345. The number of benzene rings is 1. The molecule has 84 valence electrons. The van der Waals surface area contributed by atoms with Gasteiger partial charge in [0.25, 0.3) is 0 Å². The first-order valence-corrected chi connectivity index (χ1v) is 5.19. The van der Waals surface area contributed by atoms with Crippen molar-refractivity contribution < 1.29 is 4.74 Å². The van der Waals surface area contributed by atoms with E-state index in [1.165, 1.54) is 0 Å². The summed E-state index contributed by atoms with van der Waals surface area (Å²) >= 11 is 5.86. The average molecular weight is 238 g/mol. The predicted octanol–water partition coefficient (Wildman–Crippen LogP) is 2.23. The number of nitrogens with two attached hydrogens (primary N) is 1.